The third-order valence-corrected chi connectivity index (χ3v) is 5.51. The van der Waals surface area contributed by atoms with E-state index in [-0.39, 0.29) is 5.78 Å². The van der Waals surface area contributed by atoms with E-state index in [0.717, 1.165) is 34.1 Å². The molecule has 0 atom stereocenters. The Morgan fingerprint density at radius 1 is 1.19 bits per heavy atom. The maximum atomic E-state index is 12.6. The van der Waals surface area contributed by atoms with E-state index in [9.17, 15) is 4.79 Å². The Bertz CT molecular complexity index is 1020. The van der Waals surface area contributed by atoms with Crippen LogP contribution in [0.1, 0.15) is 28.5 Å². The molecule has 4 rings (SSSR count). The molecule has 0 fully saturated rings. The van der Waals surface area contributed by atoms with Crippen LogP contribution in [-0.2, 0) is 6.54 Å². The molecule has 0 radical (unpaired) electrons. The summed E-state index contributed by atoms with van der Waals surface area (Å²) in [6.45, 7) is 4.81. The van der Waals surface area contributed by atoms with Crippen molar-refractivity contribution in [2.75, 3.05) is 5.32 Å². The summed E-state index contributed by atoms with van der Waals surface area (Å²) in [5, 5.41) is 7.82. The van der Waals surface area contributed by atoms with Gasteiger partial charge in [0.15, 0.2) is 5.78 Å². The second-order valence-corrected chi connectivity index (χ2v) is 7.24. The van der Waals surface area contributed by atoms with E-state index in [1.165, 1.54) is 4.90 Å². The molecule has 26 heavy (non-hydrogen) atoms. The molecule has 1 aromatic heterocycles. The van der Waals surface area contributed by atoms with Gasteiger partial charge in [-0.3, -0.25) is 9.48 Å². The molecule has 2 aromatic carbocycles. The van der Waals surface area contributed by atoms with Gasteiger partial charge in [-0.25, -0.2) is 0 Å². The highest BCUT2D eigenvalue weighted by Crippen LogP contribution is 2.44. The fourth-order valence-electron chi connectivity index (χ4n) is 2.91. The van der Waals surface area contributed by atoms with Gasteiger partial charge in [0.25, 0.3) is 0 Å². The summed E-state index contributed by atoms with van der Waals surface area (Å²) < 4.78 is 1.87. The fraction of sp³-hybridized carbons (Fsp3) is 0.143. The number of aryl methyl sites for hydroxylation is 2. The number of aromatic nitrogens is 2. The molecular weight excluding hydrogens is 342 g/mol. The molecule has 0 bridgehead atoms. The minimum atomic E-state index is -0.0119. The van der Waals surface area contributed by atoms with E-state index >= 15 is 0 Å². The summed E-state index contributed by atoms with van der Waals surface area (Å²) in [5.74, 6) is -0.0119. The van der Waals surface area contributed by atoms with Gasteiger partial charge in [-0.2, -0.15) is 5.10 Å². The third kappa shape index (κ3) is 3.18. The summed E-state index contributed by atoms with van der Waals surface area (Å²) in [4.78, 5) is 14.9. The lowest BCUT2D eigenvalue weighted by Gasteiger charge is -2.20. The van der Waals surface area contributed by atoms with Crippen LogP contribution in [0.15, 0.2) is 64.5 Å². The molecule has 1 aliphatic heterocycles. The van der Waals surface area contributed by atoms with E-state index in [1.807, 2.05) is 67.2 Å². The number of ketones is 1. The number of allylic oxidation sites excluding steroid dienone is 1. The molecule has 1 aliphatic rings. The van der Waals surface area contributed by atoms with Gasteiger partial charge in [0.05, 0.1) is 17.1 Å². The van der Waals surface area contributed by atoms with E-state index < -0.39 is 0 Å². The monoisotopic (exact) mass is 361 g/mol. The predicted octanol–water partition coefficient (Wildman–Crippen LogP) is 5.32. The Kier molecular flexibility index (Phi) is 4.39. The second kappa shape index (κ2) is 6.84. The number of hydrogen-bond donors (Lipinski definition) is 1. The highest BCUT2D eigenvalue weighted by Gasteiger charge is 2.16. The zero-order valence-corrected chi connectivity index (χ0v) is 15.5. The van der Waals surface area contributed by atoms with Gasteiger partial charge in [0, 0.05) is 33.7 Å². The van der Waals surface area contributed by atoms with Crippen LogP contribution >= 0.6 is 11.8 Å². The molecule has 4 nitrogen and oxygen atoms in total. The minimum Gasteiger partial charge on any atom is -0.354 e. The first-order chi connectivity index (χ1) is 12.6. The molecule has 5 heteroatoms. The number of nitrogens with one attached hydrogen (secondary N) is 1. The second-order valence-electron chi connectivity index (χ2n) is 6.16. The van der Waals surface area contributed by atoms with Crippen LogP contribution < -0.4 is 5.32 Å². The number of hydrogen-bond acceptors (Lipinski definition) is 4. The highest BCUT2D eigenvalue weighted by molar-refractivity contribution is 7.99. The van der Waals surface area contributed by atoms with Crippen LogP contribution in [0.4, 0.5) is 11.4 Å². The van der Waals surface area contributed by atoms with E-state index in [1.54, 1.807) is 17.8 Å². The van der Waals surface area contributed by atoms with E-state index in [2.05, 4.69) is 16.5 Å². The summed E-state index contributed by atoms with van der Waals surface area (Å²) in [7, 11) is 0. The third-order valence-electron chi connectivity index (χ3n) is 4.36. The topological polar surface area (TPSA) is 46.9 Å². The van der Waals surface area contributed by atoms with Gasteiger partial charge in [0.2, 0.25) is 0 Å². The Balaban J connectivity index is 1.56. The summed E-state index contributed by atoms with van der Waals surface area (Å²) >= 11 is 1.72. The van der Waals surface area contributed by atoms with Crippen LogP contribution in [0, 0.1) is 6.92 Å². The molecular formula is C21H19N3OS. The van der Waals surface area contributed by atoms with Crippen LogP contribution in [0.25, 0.3) is 6.08 Å². The molecule has 1 N–H and O–H groups in total. The number of fused-ring (bicyclic) bond motifs is 2. The Morgan fingerprint density at radius 2 is 2.00 bits per heavy atom. The maximum absolute atomic E-state index is 12.6. The largest absolute Gasteiger partial charge is 0.354 e. The summed E-state index contributed by atoms with van der Waals surface area (Å²) in [6.07, 6.45) is 5.42. The number of benzene rings is 2. The SMILES string of the molecule is CCn1cc(/C=C/C(=O)c2ccc3c(c2)Nc2ccccc2S3)c(C)n1. The average Bonchev–Trinajstić information content (AvgIpc) is 3.03. The summed E-state index contributed by atoms with van der Waals surface area (Å²) in [6, 6.07) is 14.0. The Morgan fingerprint density at radius 3 is 2.81 bits per heavy atom. The first kappa shape index (κ1) is 16.7. The van der Waals surface area contributed by atoms with E-state index in [0.29, 0.717) is 5.56 Å². The highest BCUT2D eigenvalue weighted by atomic mass is 32.2. The number of carbonyl (C=O) groups is 1. The minimum absolute atomic E-state index is 0.0119. The Hall–Kier alpha value is -2.79. The lowest BCUT2D eigenvalue weighted by molar-refractivity contribution is 0.104. The van der Waals surface area contributed by atoms with Gasteiger partial charge in [-0.05, 0) is 56.3 Å². The lowest BCUT2D eigenvalue weighted by Crippen LogP contribution is -2.02. The van der Waals surface area contributed by atoms with Crippen molar-refractivity contribution in [3.05, 3.63) is 71.6 Å². The number of para-hydroxylation sites is 1. The lowest BCUT2D eigenvalue weighted by atomic mass is 10.1. The zero-order chi connectivity index (χ0) is 18.1. The van der Waals surface area contributed by atoms with Crippen molar-refractivity contribution in [1.29, 1.82) is 0 Å². The molecule has 0 amide bonds. The van der Waals surface area contributed by atoms with Crippen LogP contribution in [0.5, 0.6) is 0 Å². The van der Waals surface area contributed by atoms with Gasteiger partial charge in [0.1, 0.15) is 0 Å². The van der Waals surface area contributed by atoms with Crippen molar-refractivity contribution >= 4 is 35.0 Å². The molecule has 2 heterocycles. The quantitative estimate of drug-likeness (QED) is 0.395. The maximum Gasteiger partial charge on any atom is 0.185 e. The standard InChI is InChI=1S/C21H19N3OS/c1-3-24-13-16(14(2)23-24)8-10-19(25)15-9-11-21-18(12-15)22-17-6-4-5-7-20(17)26-21/h4-13,22H,3H2,1-2H3/b10-8+. The first-order valence-corrected chi connectivity index (χ1v) is 9.40. The van der Waals surface area contributed by atoms with Gasteiger partial charge >= 0.3 is 0 Å². The van der Waals surface area contributed by atoms with Crippen LogP contribution in [0.2, 0.25) is 0 Å². The molecule has 0 saturated heterocycles. The van der Waals surface area contributed by atoms with Gasteiger partial charge < -0.3 is 5.32 Å². The molecule has 0 aliphatic carbocycles. The smallest absolute Gasteiger partial charge is 0.185 e. The molecule has 3 aromatic rings. The fourth-order valence-corrected chi connectivity index (χ4v) is 3.88. The average molecular weight is 361 g/mol. The predicted molar refractivity (Wildman–Crippen MR) is 106 cm³/mol. The summed E-state index contributed by atoms with van der Waals surface area (Å²) in [5.41, 5.74) is 4.63. The number of anilines is 2. The molecule has 130 valence electrons. The number of rotatable bonds is 4. The molecule has 0 saturated carbocycles. The van der Waals surface area contributed by atoms with Gasteiger partial charge in [-0.1, -0.05) is 23.9 Å². The Labute approximate surface area is 156 Å². The molecule has 0 spiro atoms. The van der Waals surface area contributed by atoms with Crippen molar-refractivity contribution in [2.45, 2.75) is 30.2 Å². The van der Waals surface area contributed by atoms with Crippen molar-refractivity contribution in [3.63, 3.8) is 0 Å². The number of carbonyl (C=O) groups excluding carboxylic acids is 1. The van der Waals surface area contributed by atoms with Crippen molar-refractivity contribution in [2.24, 2.45) is 0 Å². The molecule has 0 unspecified atom stereocenters. The number of nitrogens with zero attached hydrogens (tertiary/aromatic N) is 2. The first-order valence-electron chi connectivity index (χ1n) is 8.58. The van der Waals surface area contributed by atoms with Crippen molar-refractivity contribution in [3.8, 4) is 0 Å². The van der Waals surface area contributed by atoms with Crippen LogP contribution in [-0.4, -0.2) is 15.6 Å². The zero-order valence-electron chi connectivity index (χ0n) is 14.7. The van der Waals surface area contributed by atoms with Gasteiger partial charge in [-0.15, -0.1) is 0 Å². The van der Waals surface area contributed by atoms with Crippen molar-refractivity contribution in [1.82, 2.24) is 9.78 Å². The van der Waals surface area contributed by atoms with E-state index in [4.69, 9.17) is 0 Å². The van der Waals surface area contributed by atoms with Crippen molar-refractivity contribution < 1.29 is 4.79 Å². The normalized spacial score (nSPS) is 12.5. The van der Waals surface area contributed by atoms with Crippen LogP contribution in [0.3, 0.4) is 0 Å².